The summed E-state index contributed by atoms with van der Waals surface area (Å²) in [7, 11) is 0. The minimum atomic E-state index is -0.948. The Morgan fingerprint density at radius 2 is 2.35 bits per heavy atom. The van der Waals surface area contributed by atoms with Crippen molar-refractivity contribution in [2.24, 2.45) is 11.7 Å². The third kappa shape index (κ3) is 2.74. The van der Waals surface area contributed by atoms with Crippen LogP contribution in [0, 0.1) is 5.92 Å². The van der Waals surface area contributed by atoms with Gasteiger partial charge in [-0.3, -0.25) is 4.79 Å². The SMILES string of the molecule is CC1C=Cc2ccc(C[C@H](N)C(=O)O)cc2C1. The van der Waals surface area contributed by atoms with Crippen molar-refractivity contribution in [1.29, 1.82) is 0 Å². The van der Waals surface area contributed by atoms with Crippen molar-refractivity contribution >= 4 is 12.0 Å². The molecular formula is C14H17NO2. The van der Waals surface area contributed by atoms with E-state index in [1.165, 1.54) is 11.1 Å². The highest BCUT2D eigenvalue weighted by Gasteiger charge is 2.14. The maximum Gasteiger partial charge on any atom is 0.320 e. The van der Waals surface area contributed by atoms with Crippen molar-refractivity contribution in [3.63, 3.8) is 0 Å². The molecule has 2 atom stereocenters. The lowest BCUT2D eigenvalue weighted by atomic mass is 9.89. The fourth-order valence-corrected chi connectivity index (χ4v) is 2.15. The number of allylic oxidation sites excluding steroid dienone is 1. The van der Waals surface area contributed by atoms with Crippen LogP contribution in [0.2, 0.25) is 0 Å². The van der Waals surface area contributed by atoms with Crippen molar-refractivity contribution < 1.29 is 9.90 Å². The zero-order chi connectivity index (χ0) is 12.4. The zero-order valence-corrected chi connectivity index (χ0v) is 9.89. The van der Waals surface area contributed by atoms with E-state index >= 15 is 0 Å². The van der Waals surface area contributed by atoms with E-state index < -0.39 is 12.0 Å². The molecule has 1 aromatic rings. The molecule has 0 saturated heterocycles. The van der Waals surface area contributed by atoms with Gasteiger partial charge in [0.2, 0.25) is 0 Å². The zero-order valence-electron chi connectivity index (χ0n) is 9.89. The van der Waals surface area contributed by atoms with Crippen LogP contribution < -0.4 is 5.73 Å². The fraction of sp³-hybridized carbons (Fsp3) is 0.357. The van der Waals surface area contributed by atoms with Gasteiger partial charge in [-0.15, -0.1) is 0 Å². The lowest BCUT2D eigenvalue weighted by Crippen LogP contribution is -2.32. The number of nitrogens with two attached hydrogens (primary N) is 1. The number of aliphatic carboxylic acids is 1. The molecule has 90 valence electrons. The number of hydrogen-bond donors (Lipinski definition) is 2. The molecule has 0 radical (unpaired) electrons. The maximum absolute atomic E-state index is 10.7. The highest BCUT2D eigenvalue weighted by atomic mass is 16.4. The predicted molar refractivity (Wildman–Crippen MR) is 67.7 cm³/mol. The Kier molecular flexibility index (Phi) is 3.29. The van der Waals surface area contributed by atoms with Crippen LogP contribution in [-0.4, -0.2) is 17.1 Å². The van der Waals surface area contributed by atoms with Crippen LogP contribution in [0.4, 0.5) is 0 Å². The van der Waals surface area contributed by atoms with Crippen LogP contribution in [-0.2, 0) is 17.6 Å². The maximum atomic E-state index is 10.7. The summed E-state index contributed by atoms with van der Waals surface area (Å²) < 4.78 is 0. The molecule has 3 nitrogen and oxygen atoms in total. The first kappa shape index (κ1) is 11.9. The fourth-order valence-electron chi connectivity index (χ4n) is 2.15. The molecule has 1 aromatic carbocycles. The monoisotopic (exact) mass is 231 g/mol. The van der Waals surface area contributed by atoms with Crippen molar-refractivity contribution in [1.82, 2.24) is 0 Å². The van der Waals surface area contributed by atoms with Crippen molar-refractivity contribution in [3.05, 3.63) is 41.0 Å². The van der Waals surface area contributed by atoms with Gasteiger partial charge in [-0.1, -0.05) is 37.3 Å². The van der Waals surface area contributed by atoms with Crippen LogP contribution in [0.1, 0.15) is 23.6 Å². The second-order valence-electron chi connectivity index (χ2n) is 4.72. The second-order valence-corrected chi connectivity index (χ2v) is 4.72. The lowest BCUT2D eigenvalue weighted by Gasteiger charge is -2.17. The molecule has 2 rings (SSSR count). The average Bonchev–Trinajstić information content (AvgIpc) is 2.28. The Morgan fingerprint density at radius 1 is 1.59 bits per heavy atom. The van der Waals surface area contributed by atoms with Gasteiger partial charge < -0.3 is 10.8 Å². The Hall–Kier alpha value is -1.61. The minimum Gasteiger partial charge on any atom is -0.480 e. The molecule has 3 N–H and O–H groups in total. The Morgan fingerprint density at radius 3 is 3.06 bits per heavy atom. The largest absolute Gasteiger partial charge is 0.480 e. The van der Waals surface area contributed by atoms with E-state index in [2.05, 4.69) is 25.1 Å². The molecule has 0 bridgehead atoms. The van der Waals surface area contributed by atoms with Gasteiger partial charge in [-0.25, -0.2) is 0 Å². The summed E-state index contributed by atoms with van der Waals surface area (Å²) in [4.78, 5) is 10.7. The molecule has 0 spiro atoms. The minimum absolute atomic E-state index is 0.390. The third-order valence-electron chi connectivity index (χ3n) is 3.13. The van der Waals surface area contributed by atoms with Crippen molar-refractivity contribution in [2.45, 2.75) is 25.8 Å². The summed E-state index contributed by atoms with van der Waals surface area (Å²) in [5.41, 5.74) is 9.06. The van der Waals surface area contributed by atoms with E-state index in [0.717, 1.165) is 12.0 Å². The van der Waals surface area contributed by atoms with Crippen molar-refractivity contribution in [3.8, 4) is 0 Å². The number of rotatable bonds is 3. The smallest absolute Gasteiger partial charge is 0.320 e. The van der Waals surface area contributed by atoms with Gasteiger partial charge >= 0.3 is 5.97 Å². The first-order chi connectivity index (χ1) is 8.06. The highest BCUT2D eigenvalue weighted by Crippen LogP contribution is 2.24. The number of fused-ring (bicyclic) bond motifs is 1. The van der Waals surface area contributed by atoms with Gasteiger partial charge in [0.1, 0.15) is 6.04 Å². The van der Waals surface area contributed by atoms with Gasteiger partial charge in [0.15, 0.2) is 0 Å². The van der Waals surface area contributed by atoms with E-state index in [9.17, 15) is 4.79 Å². The van der Waals surface area contributed by atoms with Gasteiger partial charge in [0.25, 0.3) is 0 Å². The van der Waals surface area contributed by atoms with E-state index in [1.807, 2.05) is 12.1 Å². The predicted octanol–water partition coefficient (Wildman–Crippen LogP) is 1.85. The summed E-state index contributed by atoms with van der Waals surface area (Å²) in [5.74, 6) is -0.401. The first-order valence-electron chi connectivity index (χ1n) is 5.84. The lowest BCUT2D eigenvalue weighted by molar-refractivity contribution is -0.138. The first-order valence-corrected chi connectivity index (χ1v) is 5.84. The van der Waals surface area contributed by atoms with Crippen molar-refractivity contribution in [2.75, 3.05) is 0 Å². The number of carbonyl (C=O) groups is 1. The molecular weight excluding hydrogens is 214 g/mol. The van der Waals surface area contributed by atoms with Gasteiger partial charge in [-0.05, 0) is 35.4 Å². The highest BCUT2D eigenvalue weighted by molar-refractivity contribution is 5.73. The summed E-state index contributed by atoms with van der Waals surface area (Å²) >= 11 is 0. The standard InChI is InChI=1S/C14H17NO2/c1-9-2-4-11-5-3-10(7-12(11)6-9)8-13(15)14(16)17/h2-5,7,9,13H,6,8,15H2,1H3,(H,16,17)/t9?,13-/m0/s1. The van der Waals surface area contributed by atoms with E-state index in [-0.39, 0.29) is 0 Å². The normalized spacial score (nSPS) is 19.8. The number of hydrogen-bond acceptors (Lipinski definition) is 2. The van der Waals surface area contributed by atoms with Crippen LogP contribution in [0.15, 0.2) is 24.3 Å². The molecule has 0 aromatic heterocycles. The van der Waals surface area contributed by atoms with E-state index in [0.29, 0.717) is 12.3 Å². The number of benzene rings is 1. The topological polar surface area (TPSA) is 63.3 Å². The number of carboxylic acid groups (broad SMARTS) is 1. The summed E-state index contributed by atoms with van der Waals surface area (Å²) in [6.45, 7) is 2.18. The Labute approximate surface area is 101 Å². The number of carboxylic acids is 1. The summed E-state index contributed by atoms with van der Waals surface area (Å²) in [6.07, 6.45) is 5.73. The molecule has 3 heteroatoms. The quantitative estimate of drug-likeness (QED) is 0.834. The molecule has 1 aliphatic carbocycles. The summed E-state index contributed by atoms with van der Waals surface area (Å²) in [5, 5.41) is 8.79. The van der Waals surface area contributed by atoms with Crippen LogP contribution in [0.25, 0.3) is 6.08 Å². The summed E-state index contributed by atoms with van der Waals surface area (Å²) in [6, 6.07) is 5.27. The van der Waals surface area contributed by atoms with Crippen LogP contribution in [0.3, 0.4) is 0 Å². The van der Waals surface area contributed by atoms with E-state index in [4.69, 9.17) is 10.8 Å². The molecule has 1 aliphatic rings. The van der Waals surface area contributed by atoms with Gasteiger partial charge in [0.05, 0.1) is 0 Å². The second kappa shape index (κ2) is 4.72. The molecule has 0 fully saturated rings. The molecule has 0 amide bonds. The Balaban J connectivity index is 2.19. The van der Waals surface area contributed by atoms with Gasteiger partial charge in [0, 0.05) is 0 Å². The van der Waals surface area contributed by atoms with Gasteiger partial charge in [-0.2, -0.15) is 0 Å². The van der Waals surface area contributed by atoms with Crippen LogP contribution in [0.5, 0.6) is 0 Å². The molecule has 0 heterocycles. The molecule has 0 saturated carbocycles. The average molecular weight is 231 g/mol. The molecule has 0 aliphatic heterocycles. The molecule has 1 unspecified atom stereocenters. The third-order valence-corrected chi connectivity index (χ3v) is 3.13. The van der Waals surface area contributed by atoms with Crippen LogP contribution >= 0.6 is 0 Å². The molecule has 17 heavy (non-hydrogen) atoms. The van der Waals surface area contributed by atoms with E-state index in [1.54, 1.807) is 0 Å². The Bertz CT molecular complexity index is 465.